The van der Waals surface area contributed by atoms with Crippen molar-refractivity contribution in [2.45, 2.75) is 33.2 Å². The highest BCUT2D eigenvalue weighted by atomic mass is 35.5. The van der Waals surface area contributed by atoms with Gasteiger partial charge in [0.05, 0.1) is 16.6 Å². The van der Waals surface area contributed by atoms with Gasteiger partial charge in [-0.15, -0.1) is 0 Å². The third-order valence-electron chi connectivity index (χ3n) is 3.96. The number of aromatic nitrogens is 1. The second kappa shape index (κ2) is 9.18. The van der Waals surface area contributed by atoms with E-state index < -0.39 is 0 Å². The minimum absolute atomic E-state index is 0.0882. The lowest BCUT2D eigenvalue weighted by Gasteiger charge is -2.23. The van der Waals surface area contributed by atoms with Crippen molar-refractivity contribution < 1.29 is 4.79 Å². The molecule has 1 heterocycles. The summed E-state index contributed by atoms with van der Waals surface area (Å²) in [5, 5.41) is 6.76. The fourth-order valence-corrected chi connectivity index (χ4v) is 3.01. The Hall–Kier alpha value is -1.62. The van der Waals surface area contributed by atoms with Gasteiger partial charge in [0.25, 0.3) is 0 Å². The highest BCUT2D eigenvalue weighted by molar-refractivity contribution is 6.36. The van der Waals surface area contributed by atoms with E-state index in [2.05, 4.69) is 60.7 Å². The van der Waals surface area contributed by atoms with Crippen LogP contribution in [-0.2, 0) is 11.2 Å². The zero-order chi connectivity index (χ0) is 18.4. The number of nitrogens with one attached hydrogen (secondary N) is 2. The van der Waals surface area contributed by atoms with Crippen molar-refractivity contribution in [3.05, 3.63) is 57.7 Å². The minimum Gasteiger partial charge on any atom is -0.308 e. The maximum atomic E-state index is 12.2. The largest absolute Gasteiger partial charge is 0.308 e. The molecule has 0 radical (unpaired) electrons. The first kappa shape index (κ1) is 19.7. The molecule has 134 valence electrons. The molecule has 0 unspecified atom stereocenters. The molecule has 0 aliphatic heterocycles. The van der Waals surface area contributed by atoms with Crippen molar-refractivity contribution in [3.8, 4) is 0 Å². The van der Waals surface area contributed by atoms with Crippen LogP contribution in [0, 0.1) is 5.92 Å². The average molecular weight is 380 g/mol. The third kappa shape index (κ3) is 5.70. The van der Waals surface area contributed by atoms with Gasteiger partial charge in [0.1, 0.15) is 0 Å². The number of pyridine rings is 1. The molecule has 0 fully saturated rings. The van der Waals surface area contributed by atoms with Gasteiger partial charge in [-0.2, -0.15) is 0 Å². The zero-order valence-electron chi connectivity index (χ0n) is 14.6. The van der Waals surface area contributed by atoms with Gasteiger partial charge < -0.3 is 10.6 Å². The van der Waals surface area contributed by atoms with Crippen LogP contribution in [0.25, 0.3) is 0 Å². The molecule has 1 aromatic heterocycles. The van der Waals surface area contributed by atoms with Crippen LogP contribution >= 0.6 is 23.2 Å². The second-order valence-corrected chi connectivity index (χ2v) is 7.07. The van der Waals surface area contributed by atoms with Crippen molar-refractivity contribution in [3.63, 3.8) is 0 Å². The number of aryl methyl sites for hydroxylation is 1. The maximum absolute atomic E-state index is 12.2. The first-order valence-corrected chi connectivity index (χ1v) is 9.09. The Morgan fingerprint density at radius 2 is 1.88 bits per heavy atom. The summed E-state index contributed by atoms with van der Waals surface area (Å²) in [6.45, 7) is 6.55. The molecule has 0 spiro atoms. The normalized spacial score (nSPS) is 12.2. The maximum Gasteiger partial charge on any atom is 0.239 e. The summed E-state index contributed by atoms with van der Waals surface area (Å²) in [4.78, 5) is 16.2. The molecule has 25 heavy (non-hydrogen) atoms. The van der Waals surface area contributed by atoms with E-state index in [1.54, 1.807) is 6.07 Å². The predicted molar refractivity (Wildman–Crippen MR) is 104 cm³/mol. The van der Waals surface area contributed by atoms with E-state index in [-0.39, 0.29) is 18.5 Å². The molecule has 0 aliphatic rings. The van der Waals surface area contributed by atoms with E-state index in [9.17, 15) is 4.79 Å². The van der Waals surface area contributed by atoms with Gasteiger partial charge in [-0.05, 0) is 29.5 Å². The number of amides is 1. The van der Waals surface area contributed by atoms with Crippen molar-refractivity contribution in [2.24, 2.45) is 5.92 Å². The summed E-state index contributed by atoms with van der Waals surface area (Å²) in [6.07, 6.45) is 2.46. The number of hydrogen-bond donors (Lipinski definition) is 2. The van der Waals surface area contributed by atoms with E-state index in [1.165, 1.54) is 17.3 Å². The van der Waals surface area contributed by atoms with Crippen molar-refractivity contribution in [1.29, 1.82) is 0 Å². The Morgan fingerprint density at radius 1 is 1.20 bits per heavy atom. The van der Waals surface area contributed by atoms with Gasteiger partial charge >= 0.3 is 0 Å². The van der Waals surface area contributed by atoms with Gasteiger partial charge in [0, 0.05) is 12.2 Å². The molecule has 0 saturated heterocycles. The Labute approximate surface area is 158 Å². The first-order chi connectivity index (χ1) is 11.9. The van der Waals surface area contributed by atoms with E-state index >= 15 is 0 Å². The van der Waals surface area contributed by atoms with Gasteiger partial charge in [0.15, 0.2) is 5.82 Å². The summed E-state index contributed by atoms with van der Waals surface area (Å²) < 4.78 is 0. The number of halogens is 2. The van der Waals surface area contributed by atoms with Gasteiger partial charge in [0.2, 0.25) is 5.91 Å². The van der Waals surface area contributed by atoms with Crippen molar-refractivity contribution in [1.82, 2.24) is 10.3 Å². The average Bonchev–Trinajstić information content (AvgIpc) is 2.58. The lowest BCUT2D eigenvalue weighted by atomic mass is 9.95. The standard InChI is InChI=1S/C19H23Cl2N3O/c1-4-13-5-7-14(8-6-13)18(12(2)3)22-11-17(25)24-19-16(21)9-15(20)10-23-19/h5-10,12,18,22H,4,11H2,1-3H3,(H,23,24,25)/t18-/m1/s1. The topological polar surface area (TPSA) is 54.0 Å². The molecule has 1 aromatic carbocycles. The van der Waals surface area contributed by atoms with Crippen LogP contribution in [0.5, 0.6) is 0 Å². The summed E-state index contributed by atoms with van der Waals surface area (Å²) in [5.74, 6) is 0.455. The number of carbonyl (C=O) groups is 1. The Bertz CT molecular complexity index is 717. The molecule has 0 saturated carbocycles. The fraction of sp³-hybridized carbons (Fsp3) is 0.368. The second-order valence-electron chi connectivity index (χ2n) is 6.23. The molecule has 1 atom stereocenters. The zero-order valence-corrected chi connectivity index (χ0v) is 16.2. The molecule has 2 rings (SSSR count). The van der Waals surface area contributed by atoms with Gasteiger partial charge in [-0.3, -0.25) is 4.79 Å². The lowest BCUT2D eigenvalue weighted by Crippen LogP contribution is -2.33. The Kier molecular flexibility index (Phi) is 7.24. The highest BCUT2D eigenvalue weighted by Crippen LogP contribution is 2.23. The third-order valence-corrected chi connectivity index (χ3v) is 4.46. The minimum atomic E-state index is -0.201. The van der Waals surface area contributed by atoms with E-state index in [4.69, 9.17) is 23.2 Å². The van der Waals surface area contributed by atoms with Crippen LogP contribution in [-0.4, -0.2) is 17.4 Å². The van der Waals surface area contributed by atoms with E-state index in [1.807, 2.05) is 0 Å². The van der Waals surface area contributed by atoms with Crippen LogP contribution in [0.2, 0.25) is 10.0 Å². The SMILES string of the molecule is CCc1ccc([C@H](NCC(=O)Nc2ncc(Cl)cc2Cl)C(C)C)cc1. The predicted octanol–water partition coefficient (Wildman–Crippen LogP) is 4.88. The number of hydrogen-bond acceptors (Lipinski definition) is 3. The summed E-state index contributed by atoms with van der Waals surface area (Å²) in [7, 11) is 0. The number of benzene rings is 1. The number of carbonyl (C=O) groups excluding carboxylic acids is 1. The summed E-state index contributed by atoms with van der Waals surface area (Å²) in [6, 6.07) is 10.1. The Balaban J connectivity index is 1.99. The summed E-state index contributed by atoms with van der Waals surface area (Å²) >= 11 is 11.8. The molecule has 0 aliphatic carbocycles. The monoisotopic (exact) mass is 379 g/mol. The van der Waals surface area contributed by atoms with E-state index in [0.29, 0.717) is 21.8 Å². The molecule has 1 amide bonds. The van der Waals surface area contributed by atoms with Crippen LogP contribution in [0.4, 0.5) is 5.82 Å². The molecule has 0 bridgehead atoms. The number of nitrogens with zero attached hydrogens (tertiary/aromatic N) is 1. The van der Waals surface area contributed by atoms with Crippen molar-refractivity contribution >= 4 is 34.9 Å². The molecule has 4 nitrogen and oxygen atoms in total. The molecule has 6 heteroatoms. The van der Waals surface area contributed by atoms with Gasteiger partial charge in [-0.25, -0.2) is 4.98 Å². The lowest BCUT2D eigenvalue weighted by molar-refractivity contribution is -0.115. The number of anilines is 1. The molecule has 2 N–H and O–H groups in total. The molecule has 2 aromatic rings. The van der Waals surface area contributed by atoms with Crippen LogP contribution in [0.15, 0.2) is 36.5 Å². The van der Waals surface area contributed by atoms with E-state index in [0.717, 1.165) is 6.42 Å². The van der Waals surface area contributed by atoms with Crippen LogP contribution < -0.4 is 10.6 Å². The van der Waals surface area contributed by atoms with Gasteiger partial charge in [-0.1, -0.05) is 68.2 Å². The van der Waals surface area contributed by atoms with Crippen molar-refractivity contribution in [2.75, 3.05) is 11.9 Å². The quantitative estimate of drug-likeness (QED) is 0.720. The highest BCUT2D eigenvalue weighted by Gasteiger charge is 2.17. The Morgan fingerprint density at radius 3 is 2.44 bits per heavy atom. The molecular formula is C19H23Cl2N3O. The summed E-state index contributed by atoms with van der Waals surface area (Å²) in [5.41, 5.74) is 2.47. The number of rotatable bonds is 7. The smallest absolute Gasteiger partial charge is 0.239 e. The van der Waals surface area contributed by atoms with Crippen LogP contribution in [0.1, 0.15) is 37.9 Å². The van der Waals surface area contributed by atoms with Crippen LogP contribution in [0.3, 0.4) is 0 Å². The first-order valence-electron chi connectivity index (χ1n) is 8.33. The fourth-order valence-electron chi connectivity index (χ4n) is 2.58. The molecular weight excluding hydrogens is 357 g/mol.